The van der Waals surface area contributed by atoms with Gasteiger partial charge in [-0.1, -0.05) is 34.6 Å². The van der Waals surface area contributed by atoms with Crippen molar-refractivity contribution in [2.45, 2.75) is 79.0 Å². The van der Waals surface area contributed by atoms with Crippen LogP contribution in [0.4, 0.5) is 0 Å². The van der Waals surface area contributed by atoms with Crippen molar-refractivity contribution in [3.05, 3.63) is 0 Å². The molecule has 2 bridgehead atoms. The van der Waals surface area contributed by atoms with Crippen molar-refractivity contribution in [2.75, 3.05) is 13.2 Å². The lowest BCUT2D eigenvalue weighted by Gasteiger charge is -2.41. The van der Waals surface area contributed by atoms with Gasteiger partial charge >= 0.3 is 0 Å². The summed E-state index contributed by atoms with van der Waals surface area (Å²) in [6.07, 6.45) is 2.48. The molecule has 0 radical (unpaired) electrons. The molecule has 0 aromatic carbocycles. The summed E-state index contributed by atoms with van der Waals surface area (Å²) in [5.74, 6) is 4.10. The van der Waals surface area contributed by atoms with E-state index in [0.717, 1.165) is 36.5 Å². The van der Waals surface area contributed by atoms with Crippen LogP contribution in [0.3, 0.4) is 0 Å². The van der Waals surface area contributed by atoms with Gasteiger partial charge in [-0.25, -0.2) is 0 Å². The predicted molar refractivity (Wildman–Crippen MR) is 97.8 cm³/mol. The highest BCUT2D eigenvalue weighted by Gasteiger charge is 2.55. The van der Waals surface area contributed by atoms with E-state index >= 15 is 0 Å². The standard InChI is InChI=1S/C21H38O4/c1-7-21(6)24-11-15(25-21)10-23-20(22)17-9-14-8-16(17)19(13(4)5)18(14)12(2)3/h12-20,22H,7-11H2,1-6H3. The molecule has 0 aromatic rings. The molecule has 1 aliphatic heterocycles. The van der Waals surface area contributed by atoms with Crippen molar-refractivity contribution in [1.82, 2.24) is 0 Å². The minimum Gasteiger partial charge on any atom is -0.368 e. The smallest absolute Gasteiger partial charge is 0.165 e. The van der Waals surface area contributed by atoms with Crippen molar-refractivity contribution < 1.29 is 19.3 Å². The minimum atomic E-state index is -0.665. The topological polar surface area (TPSA) is 47.9 Å². The van der Waals surface area contributed by atoms with Gasteiger partial charge in [0.15, 0.2) is 12.1 Å². The summed E-state index contributed by atoms with van der Waals surface area (Å²) in [6.45, 7) is 14.4. The molecule has 3 aliphatic rings. The molecule has 4 heteroatoms. The number of hydrogen-bond acceptors (Lipinski definition) is 4. The molecule has 0 aromatic heterocycles. The Kier molecular flexibility index (Phi) is 5.85. The van der Waals surface area contributed by atoms with E-state index < -0.39 is 12.1 Å². The van der Waals surface area contributed by atoms with E-state index in [-0.39, 0.29) is 12.0 Å². The van der Waals surface area contributed by atoms with Gasteiger partial charge in [0.2, 0.25) is 0 Å². The number of ether oxygens (including phenoxy) is 3. The fourth-order valence-corrected chi connectivity index (χ4v) is 6.04. The van der Waals surface area contributed by atoms with Crippen molar-refractivity contribution in [3.8, 4) is 0 Å². The Labute approximate surface area is 153 Å². The van der Waals surface area contributed by atoms with Gasteiger partial charge in [-0.3, -0.25) is 0 Å². The van der Waals surface area contributed by atoms with Crippen LogP contribution in [0.15, 0.2) is 0 Å². The molecule has 3 fully saturated rings. The average molecular weight is 355 g/mol. The lowest BCUT2D eigenvalue weighted by Crippen LogP contribution is -2.40. The zero-order valence-corrected chi connectivity index (χ0v) is 16.9. The summed E-state index contributed by atoms with van der Waals surface area (Å²) in [7, 11) is 0. The fraction of sp³-hybridized carbons (Fsp3) is 1.00. The first kappa shape index (κ1) is 19.6. The molecule has 25 heavy (non-hydrogen) atoms. The Balaban J connectivity index is 1.55. The van der Waals surface area contributed by atoms with Gasteiger partial charge < -0.3 is 19.3 Å². The van der Waals surface area contributed by atoms with Gasteiger partial charge in [0.25, 0.3) is 0 Å². The lowest BCUT2D eigenvalue weighted by atomic mass is 9.65. The van der Waals surface area contributed by atoms with Gasteiger partial charge in [0, 0.05) is 5.92 Å². The van der Waals surface area contributed by atoms with Crippen LogP contribution in [0.5, 0.6) is 0 Å². The highest BCUT2D eigenvalue weighted by atomic mass is 16.8. The Morgan fingerprint density at radius 3 is 2.36 bits per heavy atom. The van der Waals surface area contributed by atoms with Gasteiger partial charge in [0.1, 0.15) is 6.10 Å². The van der Waals surface area contributed by atoms with E-state index in [9.17, 15) is 5.11 Å². The van der Waals surface area contributed by atoms with Crippen LogP contribution in [0.1, 0.15) is 60.8 Å². The first-order chi connectivity index (χ1) is 11.8. The Morgan fingerprint density at radius 2 is 1.80 bits per heavy atom. The summed E-state index contributed by atoms with van der Waals surface area (Å²) >= 11 is 0. The third-order valence-electron chi connectivity index (χ3n) is 7.17. The summed E-state index contributed by atoms with van der Waals surface area (Å²) in [5.41, 5.74) is 0. The molecule has 146 valence electrons. The molecule has 3 rings (SSSR count). The van der Waals surface area contributed by atoms with E-state index in [1.165, 1.54) is 6.42 Å². The van der Waals surface area contributed by atoms with E-state index in [2.05, 4.69) is 34.6 Å². The van der Waals surface area contributed by atoms with Gasteiger partial charge in [-0.2, -0.15) is 0 Å². The van der Waals surface area contributed by atoms with Crippen LogP contribution in [-0.4, -0.2) is 36.5 Å². The minimum absolute atomic E-state index is 0.0671. The highest BCUT2D eigenvalue weighted by Crippen LogP contribution is 2.60. The second-order valence-electron chi connectivity index (χ2n) is 9.46. The van der Waals surface area contributed by atoms with Crippen LogP contribution in [0.2, 0.25) is 0 Å². The molecular formula is C21H38O4. The molecule has 1 N–H and O–H groups in total. The van der Waals surface area contributed by atoms with Crippen LogP contribution in [0.25, 0.3) is 0 Å². The Bertz CT molecular complexity index is 451. The van der Waals surface area contributed by atoms with E-state index in [1.54, 1.807) is 0 Å². The van der Waals surface area contributed by atoms with Crippen LogP contribution in [-0.2, 0) is 14.2 Å². The normalized spacial score (nSPS) is 45.0. The van der Waals surface area contributed by atoms with Crippen molar-refractivity contribution in [3.63, 3.8) is 0 Å². The zero-order chi connectivity index (χ0) is 18.4. The second-order valence-corrected chi connectivity index (χ2v) is 9.46. The first-order valence-electron chi connectivity index (χ1n) is 10.4. The molecule has 0 spiro atoms. The Morgan fingerprint density at radius 1 is 1.12 bits per heavy atom. The maximum atomic E-state index is 10.7. The largest absolute Gasteiger partial charge is 0.368 e. The van der Waals surface area contributed by atoms with Crippen LogP contribution < -0.4 is 0 Å². The zero-order valence-electron chi connectivity index (χ0n) is 16.9. The molecule has 2 aliphatic carbocycles. The summed E-state index contributed by atoms with van der Waals surface area (Å²) in [6, 6.07) is 0. The number of fused-ring (bicyclic) bond motifs is 2. The monoisotopic (exact) mass is 354 g/mol. The molecule has 2 saturated carbocycles. The maximum absolute atomic E-state index is 10.7. The maximum Gasteiger partial charge on any atom is 0.165 e. The van der Waals surface area contributed by atoms with E-state index in [4.69, 9.17) is 14.2 Å². The summed E-state index contributed by atoms with van der Waals surface area (Å²) in [5, 5.41) is 10.7. The summed E-state index contributed by atoms with van der Waals surface area (Å²) < 4.78 is 17.5. The number of aliphatic hydroxyl groups is 1. The first-order valence-corrected chi connectivity index (χ1v) is 10.4. The lowest BCUT2D eigenvalue weighted by molar-refractivity contribution is -0.191. The van der Waals surface area contributed by atoms with Gasteiger partial charge in [-0.05, 0) is 61.7 Å². The molecule has 4 nitrogen and oxygen atoms in total. The quantitative estimate of drug-likeness (QED) is 0.700. The van der Waals surface area contributed by atoms with Gasteiger partial charge in [-0.15, -0.1) is 0 Å². The third-order valence-corrected chi connectivity index (χ3v) is 7.17. The molecule has 0 amide bonds. The van der Waals surface area contributed by atoms with E-state index in [1.807, 2.05) is 6.92 Å². The van der Waals surface area contributed by atoms with Crippen molar-refractivity contribution in [2.24, 2.45) is 41.4 Å². The molecule has 8 atom stereocenters. The predicted octanol–water partition coefficient (Wildman–Crippen LogP) is 4.06. The van der Waals surface area contributed by atoms with E-state index in [0.29, 0.717) is 25.0 Å². The van der Waals surface area contributed by atoms with Crippen LogP contribution in [0, 0.1) is 41.4 Å². The third kappa shape index (κ3) is 3.78. The SMILES string of the molecule is CCC1(C)OCC(COC(O)C2CC3CC2C(C(C)C)C3C(C)C)O1. The van der Waals surface area contributed by atoms with Gasteiger partial charge in [0.05, 0.1) is 13.2 Å². The second kappa shape index (κ2) is 7.46. The number of aliphatic hydroxyl groups excluding tert-OH is 1. The number of hydrogen-bond donors (Lipinski definition) is 1. The average Bonchev–Trinajstić information content (AvgIpc) is 3.24. The Hall–Kier alpha value is -0.160. The molecule has 1 saturated heterocycles. The number of rotatable bonds is 7. The molecular weight excluding hydrogens is 316 g/mol. The van der Waals surface area contributed by atoms with Crippen molar-refractivity contribution >= 4 is 0 Å². The molecule has 1 heterocycles. The molecule has 8 unspecified atom stereocenters. The summed E-state index contributed by atoms with van der Waals surface area (Å²) in [4.78, 5) is 0. The van der Waals surface area contributed by atoms with Crippen LogP contribution >= 0.6 is 0 Å². The van der Waals surface area contributed by atoms with Crippen molar-refractivity contribution in [1.29, 1.82) is 0 Å². The highest BCUT2D eigenvalue weighted by molar-refractivity contribution is 5.02. The fourth-order valence-electron chi connectivity index (χ4n) is 6.04.